The quantitative estimate of drug-likeness (QED) is 0.651. The lowest BCUT2D eigenvalue weighted by Crippen LogP contribution is -2.25. The molecule has 1 aromatic heterocycles. The summed E-state index contributed by atoms with van der Waals surface area (Å²) in [4.78, 5) is 0. The molecule has 0 aliphatic carbocycles. The van der Waals surface area contributed by atoms with Gasteiger partial charge in [0.1, 0.15) is 5.82 Å². The molecule has 1 aromatic rings. The Hall–Kier alpha value is -1.03. The minimum absolute atomic E-state index is 0.176. The number of hydrogen-bond donors (Lipinski definition) is 2. The highest BCUT2D eigenvalue weighted by molar-refractivity contribution is 5.34. The molecule has 1 atom stereocenters. The number of nitrogens with zero attached hydrogens (tertiary/aromatic N) is 2. The van der Waals surface area contributed by atoms with E-state index in [-0.39, 0.29) is 5.41 Å². The molecule has 0 saturated carbocycles. The first-order valence-corrected chi connectivity index (χ1v) is 4.62. The largest absolute Gasteiger partial charge is 0.384 e. The van der Waals surface area contributed by atoms with Crippen LogP contribution in [0.5, 0.6) is 0 Å². The van der Waals surface area contributed by atoms with Crippen molar-refractivity contribution in [3.8, 4) is 0 Å². The van der Waals surface area contributed by atoms with Crippen molar-refractivity contribution >= 4 is 5.82 Å². The van der Waals surface area contributed by atoms with Crippen LogP contribution in [0.25, 0.3) is 0 Å². The van der Waals surface area contributed by atoms with Crippen molar-refractivity contribution in [2.75, 3.05) is 18.8 Å². The maximum Gasteiger partial charge on any atom is 0.121 e. The third-order valence-electron chi connectivity index (χ3n) is 2.90. The molecule has 2 rings (SSSR count). The second-order valence-electron chi connectivity index (χ2n) is 4.07. The van der Waals surface area contributed by atoms with Gasteiger partial charge in [-0.05, 0) is 13.0 Å². The SMILES string of the molecule is Cn1nc(C2(C)CCNC2)cc1N. The molecule has 1 aliphatic rings. The fourth-order valence-corrected chi connectivity index (χ4v) is 1.81. The van der Waals surface area contributed by atoms with Gasteiger partial charge in [-0.15, -0.1) is 0 Å². The minimum Gasteiger partial charge on any atom is -0.384 e. The molecule has 2 heterocycles. The number of nitrogen functional groups attached to an aromatic ring is 1. The van der Waals surface area contributed by atoms with E-state index in [0.29, 0.717) is 0 Å². The Labute approximate surface area is 78.1 Å². The Kier molecular flexibility index (Phi) is 1.80. The Morgan fingerprint density at radius 1 is 1.69 bits per heavy atom. The van der Waals surface area contributed by atoms with Crippen LogP contribution in [0, 0.1) is 0 Å². The van der Waals surface area contributed by atoms with Crippen LogP contribution in [-0.4, -0.2) is 22.9 Å². The van der Waals surface area contributed by atoms with Gasteiger partial charge in [-0.25, -0.2) is 0 Å². The molecule has 0 radical (unpaired) electrons. The van der Waals surface area contributed by atoms with Gasteiger partial charge in [0.25, 0.3) is 0 Å². The van der Waals surface area contributed by atoms with Gasteiger partial charge in [-0.2, -0.15) is 5.10 Å². The Balaban J connectivity index is 2.34. The van der Waals surface area contributed by atoms with Crippen LogP contribution in [-0.2, 0) is 12.5 Å². The summed E-state index contributed by atoms with van der Waals surface area (Å²) in [5.74, 6) is 0.739. The van der Waals surface area contributed by atoms with Crippen LogP contribution in [0.3, 0.4) is 0 Å². The Morgan fingerprint density at radius 3 is 2.92 bits per heavy atom. The number of nitrogens with one attached hydrogen (secondary N) is 1. The van der Waals surface area contributed by atoms with E-state index >= 15 is 0 Å². The number of nitrogens with two attached hydrogens (primary N) is 1. The lowest BCUT2D eigenvalue weighted by Gasteiger charge is -2.19. The summed E-state index contributed by atoms with van der Waals surface area (Å²) < 4.78 is 1.74. The van der Waals surface area contributed by atoms with Gasteiger partial charge in [-0.1, -0.05) is 6.92 Å². The molecule has 72 valence electrons. The highest BCUT2D eigenvalue weighted by Crippen LogP contribution is 2.29. The number of hydrogen-bond acceptors (Lipinski definition) is 3. The normalized spacial score (nSPS) is 28.2. The highest BCUT2D eigenvalue weighted by Gasteiger charge is 2.32. The van der Waals surface area contributed by atoms with Crippen molar-refractivity contribution in [2.45, 2.75) is 18.8 Å². The van der Waals surface area contributed by atoms with Gasteiger partial charge < -0.3 is 11.1 Å². The summed E-state index contributed by atoms with van der Waals surface area (Å²) in [5.41, 5.74) is 7.03. The first kappa shape index (κ1) is 8.56. The smallest absolute Gasteiger partial charge is 0.121 e. The van der Waals surface area contributed by atoms with Crippen molar-refractivity contribution < 1.29 is 0 Å². The van der Waals surface area contributed by atoms with E-state index in [1.165, 1.54) is 0 Å². The summed E-state index contributed by atoms with van der Waals surface area (Å²) in [6.07, 6.45) is 1.14. The monoisotopic (exact) mass is 180 g/mol. The standard InChI is InChI=1S/C9H16N4/c1-9(3-4-11-6-9)7-5-8(10)13(2)12-7/h5,11H,3-4,6,10H2,1-2H3. The highest BCUT2D eigenvalue weighted by atomic mass is 15.3. The number of rotatable bonds is 1. The molecule has 1 saturated heterocycles. The van der Waals surface area contributed by atoms with Crippen LogP contribution >= 0.6 is 0 Å². The Morgan fingerprint density at radius 2 is 2.46 bits per heavy atom. The zero-order valence-corrected chi connectivity index (χ0v) is 8.17. The minimum atomic E-state index is 0.176. The molecule has 1 unspecified atom stereocenters. The molecule has 4 nitrogen and oxygen atoms in total. The van der Waals surface area contributed by atoms with Gasteiger partial charge in [0.05, 0.1) is 5.69 Å². The number of aromatic nitrogens is 2. The van der Waals surface area contributed by atoms with Gasteiger partial charge in [-0.3, -0.25) is 4.68 Å². The van der Waals surface area contributed by atoms with E-state index in [9.17, 15) is 0 Å². The van der Waals surface area contributed by atoms with Crippen molar-refractivity contribution in [1.82, 2.24) is 15.1 Å². The summed E-state index contributed by atoms with van der Waals surface area (Å²) in [6, 6.07) is 1.98. The first-order valence-electron chi connectivity index (χ1n) is 4.62. The molecule has 0 bridgehead atoms. The fraction of sp³-hybridized carbons (Fsp3) is 0.667. The van der Waals surface area contributed by atoms with Crippen LogP contribution in [0.2, 0.25) is 0 Å². The molecular formula is C9H16N4. The lowest BCUT2D eigenvalue weighted by molar-refractivity contribution is 0.498. The van der Waals surface area contributed by atoms with Gasteiger partial charge >= 0.3 is 0 Å². The average molecular weight is 180 g/mol. The summed E-state index contributed by atoms with van der Waals surface area (Å²) >= 11 is 0. The topological polar surface area (TPSA) is 55.9 Å². The van der Waals surface area contributed by atoms with Crippen LogP contribution in [0.4, 0.5) is 5.82 Å². The van der Waals surface area contributed by atoms with Crippen molar-refractivity contribution in [3.63, 3.8) is 0 Å². The second kappa shape index (κ2) is 2.73. The summed E-state index contributed by atoms with van der Waals surface area (Å²) in [5, 5.41) is 7.77. The van der Waals surface area contributed by atoms with Crippen molar-refractivity contribution in [1.29, 1.82) is 0 Å². The van der Waals surface area contributed by atoms with Crippen molar-refractivity contribution in [3.05, 3.63) is 11.8 Å². The number of aryl methyl sites for hydroxylation is 1. The molecule has 0 spiro atoms. The average Bonchev–Trinajstić information content (AvgIpc) is 2.62. The predicted octanol–water partition coefficient (Wildman–Crippen LogP) is 0.253. The number of anilines is 1. The van der Waals surface area contributed by atoms with E-state index in [0.717, 1.165) is 31.0 Å². The fourth-order valence-electron chi connectivity index (χ4n) is 1.81. The molecular weight excluding hydrogens is 164 g/mol. The van der Waals surface area contributed by atoms with E-state index < -0.39 is 0 Å². The van der Waals surface area contributed by atoms with Crippen LogP contribution in [0.15, 0.2) is 6.07 Å². The van der Waals surface area contributed by atoms with Crippen LogP contribution < -0.4 is 11.1 Å². The molecule has 4 heteroatoms. The van der Waals surface area contributed by atoms with Gasteiger partial charge in [0.15, 0.2) is 0 Å². The lowest BCUT2D eigenvalue weighted by atomic mass is 9.86. The molecule has 0 amide bonds. The van der Waals surface area contributed by atoms with E-state index in [1.807, 2.05) is 13.1 Å². The maximum absolute atomic E-state index is 5.75. The maximum atomic E-state index is 5.75. The third kappa shape index (κ3) is 1.31. The summed E-state index contributed by atoms with van der Waals surface area (Å²) in [6.45, 7) is 4.31. The molecule has 0 aromatic carbocycles. The second-order valence-corrected chi connectivity index (χ2v) is 4.07. The molecule has 3 N–H and O–H groups in total. The predicted molar refractivity (Wildman–Crippen MR) is 52.5 cm³/mol. The zero-order valence-electron chi connectivity index (χ0n) is 8.17. The van der Waals surface area contributed by atoms with Crippen LogP contribution in [0.1, 0.15) is 19.0 Å². The van der Waals surface area contributed by atoms with E-state index in [4.69, 9.17) is 5.73 Å². The molecule has 1 fully saturated rings. The van der Waals surface area contributed by atoms with Gasteiger partial charge in [0, 0.05) is 25.1 Å². The van der Waals surface area contributed by atoms with E-state index in [1.54, 1.807) is 4.68 Å². The first-order chi connectivity index (χ1) is 6.12. The van der Waals surface area contributed by atoms with E-state index in [2.05, 4.69) is 17.3 Å². The summed E-state index contributed by atoms with van der Waals surface area (Å²) in [7, 11) is 1.88. The van der Waals surface area contributed by atoms with Crippen molar-refractivity contribution in [2.24, 2.45) is 7.05 Å². The third-order valence-corrected chi connectivity index (χ3v) is 2.90. The van der Waals surface area contributed by atoms with Gasteiger partial charge in [0.2, 0.25) is 0 Å². The molecule has 1 aliphatic heterocycles. The molecule has 13 heavy (non-hydrogen) atoms. The zero-order chi connectivity index (χ0) is 9.47. The Bertz CT molecular complexity index is 290.